The molecule has 0 aromatic carbocycles. The van der Waals surface area contributed by atoms with Gasteiger partial charge < -0.3 is 5.73 Å². The number of rotatable bonds is 2. The highest BCUT2D eigenvalue weighted by Crippen LogP contribution is 2.22. The highest BCUT2D eigenvalue weighted by Gasteiger charge is 2.13. The molecule has 0 aliphatic heterocycles. The second-order valence-corrected chi connectivity index (χ2v) is 3.36. The van der Waals surface area contributed by atoms with Gasteiger partial charge in [0.1, 0.15) is 5.69 Å². The van der Waals surface area contributed by atoms with Gasteiger partial charge in [-0.2, -0.15) is 0 Å². The van der Waals surface area contributed by atoms with Crippen LogP contribution in [0.5, 0.6) is 0 Å². The van der Waals surface area contributed by atoms with E-state index < -0.39 is 5.91 Å². The molecule has 0 spiro atoms. The Kier molecular flexibility index (Phi) is 2.64. The fraction of sp³-hybridized carbons (Fsp3) is 0.0833. The monoisotopic (exact) mass is 212 g/mol. The van der Waals surface area contributed by atoms with Crippen molar-refractivity contribution in [3.8, 4) is 11.3 Å². The predicted octanol–water partition coefficient (Wildman–Crippen LogP) is 1.35. The molecule has 4 heteroatoms. The molecule has 4 nitrogen and oxygen atoms in total. The van der Waals surface area contributed by atoms with Crippen LogP contribution in [-0.2, 0) is 0 Å². The Hall–Kier alpha value is -2.23. The van der Waals surface area contributed by atoms with Crippen molar-refractivity contribution in [3.05, 3.63) is 47.9 Å². The number of nitrogens with zero attached hydrogens (tertiary/aromatic N) is 2. The van der Waals surface area contributed by atoms with Gasteiger partial charge in [0.25, 0.3) is 5.91 Å². The van der Waals surface area contributed by atoms with Crippen molar-refractivity contribution in [2.75, 3.05) is 0 Å². The molecule has 0 atom stereocenters. The lowest BCUT2D eigenvalue weighted by Gasteiger charge is -2.06. The molecule has 0 saturated heterocycles. The average molecular weight is 212 g/mol. The lowest BCUT2D eigenvalue weighted by atomic mass is 10.1. The fourth-order valence-electron chi connectivity index (χ4n) is 1.50. The molecule has 0 aliphatic rings. The van der Waals surface area contributed by atoms with Crippen LogP contribution in [0.1, 0.15) is 16.1 Å². The van der Waals surface area contributed by atoms with E-state index in [2.05, 4.69) is 16.0 Å². The van der Waals surface area contributed by atoms with E-state index in [0.29, 0.717) is 11.3 Å². The van der Waals surface area contributed by atoms with E-state index in [1.165, 1.54) is 6.20 Å². The Balaban J connectivity index is 2.65. The molecule has 1 amide bonds. The van der Waals surface area contributed by atoms with Crippen LogP contribution in [0.3, 0.4) is 0 Å². The van der Waals surface area contributed by atoms with E-state index in [0.717, 1.165) is 5.56 Å². The lowest BCUT2D eigenvalue weighted by Crippen LogP contribution is -2.14. The maximum atomic E-state index is 11.2. The minimum absolute atomic E-state index is 0.223. The van der Waals surface area contributed by atoms with Crippen LogP contribution in [0, 0.1) is 13.0 Å². The van der Waals surface area contributed by atoms with Gasteiger partial charge in [0.2, 0.25) is 0 Å². The number of primary amides is 1. The second-order valence-electron chi connectivity index (χ2n) is 3.36. The van der Waals surface area contributed by atoms with Crippen molar-refractivity contribution in [2.45, 2.75) is 6.92 Å². The topological polar surface area (TPSA) is 68.9 Å². The van der Waals surface area contributed by atoms with Crippen LogP contribution < -0.4 is 5.73 Å². The van der Waals surface area contributed by atoms with Crippen molar-refractivity contribution in [3.63, 3.8) is 0 Å². The van der Waals surface area contributed by atoms with E-state index in [-0.39, 0.29) is 5.69 Å². The normalized spacial score (nSPS) is 10.1. The van der Waals surface area contributed by atoms with Gasteiger partial charge in [-0.15, -0.1) is 0 Å². The summed E-state index contributed by atoms with van der Waals surface area (Å²) >= 11 is 0. The standard InChI is InChI=1S/C12H10N3O/c1-8-4-2-6-14-10(8)9-5-3-7-15-11(9)12(13)16/h2,4-7H,1H3,(H2,13,16). The SMILES string of the molecule is Cc1cccnc1-c1c[c]cnc1C(N)=O. The highest BCUT2D eigenvalue weighted by atomic mass is 16.1. The van der Waals surface area contributed by atoms with Gasteiger partial charge in [0.15, 0.2) is 0 Å². The summed E-state index contributed by atoms with van der Waals surface area (Å²) < 4.78 is 0. The summed E-state index contributed by atoms with van der Waals surface area (Å²) in [6, 6.07) is 8.25. The van der Waals surface area contributed by atoms with Gasteiger partial charge in [-0.25, -0.2) is 4.98 Å². The zero-order chi connectivity index (χ0) is 11.5. The quantitative estimate of drug-likeness (QED) is 0.816. The molecule has 0 bridgehead atoms. The maximum absolute atomic E-state index is 11.2. The number of carbonyl (C=O) groups excluding carboxylic acids is 1. The summed E-state index contributed by atoms with van der Waals surface area (Å²) in [6.07, 6.45) is 3.09. The number of amides is 1. The van der Waals surface area contributed by atoms with Crippen molar-refractivity contribution in [2.24, 2.45) is 5.73 Å². The summed E-state index contributed by atoms with van der Waals surface area (Å²) in [5, 5.41) is 0. The molecule has 2 heterocycles. The zero-order valence-electron chi connectivity index (χ0n) is 8.77. The largest absolute Gasteiger partial charge is 0.364 e. The first-order valence-corrected chi connectivity index (χ1v) is 4.78. The number of carbonyl (C=O) groups is 1. The van der Waals surface area contributed by atoms with Crippen LogP contribution in [0.25, 0.3) is 11.3 Å². The van der Waals surface area contributed by atoms with E-state index in [4.69, 9.17) is 5.73 Å². The third-order valence-electron chi connectivity index (χ3n) is 2.25. The van der Waals surface area contributed by atoms with Gasteiger partial charge in [-0.3, -0.25) is 9.78 Å². The molecule has 0 aliphatic carbocycles. The van der Waals surface area contributed by atoms with Gasteiger partial charge in [0.05, 0.1) is 5.69 Å². The van der Waals surface area contributed by atoms with Crippen molar-refractivity contribution < 1.29 is 4.79 Å². The average Bonchev–Trinajstić information content (AvgIpc) is 2.29. The number of hydrogen-bond donors (Lipinski definition) is 1. The van der Waals surface area contributed by atoms with Gasteiger partial charge in [-0.1, -0.05) is 6.07 Å². The number of aromatic nitrogens is 2. The minimum atomic E-state index is -0.561. The maximum Gasteiger partial charge on any atom is 0.268 e. The summed E-state index contributed by atoms with van der Waals surface area (Å²) in [6.45, 7) is 1.92. The molecule has 16 heavy (non-hydrogen) atoms. The molecule has 1 radical (unpaired) electrons. The number of aryl methyl sites for hydroxylation is 1. The van der Waals surface area contributed by atoms with Crippen LogP contribution in [0.4, 0.5) is 0 Å². The summed E-state index contributed by atoms with van der Waals surface area (Å²) in [7, 11) is 0. The Labute approximate surface area is 93.2 Å². The van der Waals surface area contributed by atoms with Crippen LogP contribution in [0.2, 0.25) is 0 Å². The van der Waals surface area contributed by atoms with Gasteiger partial charge in [-0.05, 0) is 24.6 Å². The molecule has 0 saturated carbocycles. The fourth-order valence-corrected chi connectivity index (χ4v) is 1.50. The molecule has 0 unspecified atom stereocenters. The Morgan fingerprint density at radius 1 is 1.44 bits per heavy atom. The highest BCUT2D eigenvalue weighted by molar-refractivity contribution is 5.97. The van der Waals surface area contributed by atoms with Gasteiger partial charge >= 0.3 is 0 Å². The van der Waals surface area contributed by atoms with Crippen LogP contribution >= 0.6 is 0 Å². The van der Waals surface area contributed by atoms with E-state index in [1.54, 1.807) is 12.3 Å². The van der Waals surface area contributed by atoms with Crippen molar-refractivity contribution >= 4 is 5.91 Å². The first kappa shape index (κ1) is 10.3. The Morgan fingerprint density at radius 3 is 2.94 bits per heavy atom. The lowest BCUT2D eigenvalue weighted by molar-refractivity contribution is 0.0996. The summed E-state index contributed by atoms with van der Waals surface area (Å²) in [4.78, 5) is 19.4. The molecule has 2 N–H and O–H groups in total. The van der Waals surface area contributed by atoms with Crippen LogP contribution in [0.15, 0.2) is 30.6 Å². The third kappa shape index (κ3) is 1.77. The Morgan fingerprint density at radius 2 is 2.25 bits per heavy atom. The molecule has 0 fully saturated rings. The summed E-state index contributed by atoms with van der Waals surface area (Å²) in [5.74, 6) is -0.561. The van der Waals surface area contributed by atoms with Crippen molar-refractivity contribution in [1.29, 1.82) is 0 Å². The predicted molar refractivity (Wildman–Crippen MR) is 59.6 cm³/mol. The van der Waals surface area contributed by atoms with Crippen molar-refractivity contribution in [1.82, 2.24) is 9.97 Å². The third-order valence-corrected chi connectivity index (χ3v) is 2.25. The molecule has 2 aromatic rings. The number of hydrogen-bond acceptors (Lipinski definition) is 3. The number of nitrogens with two attached hydrogens (primary N) is 1. The number of pyridine rings is 2. The first-order valence-electron chi connectivity index (χ1n) is 4.78. The zero-order valence-corrected chi connectivity index (χ0v) is 8.77. The molecular weight excluding hydrogens is 202 g/mol. The molecule has 2 aromatic heterocycles. The molecular formula is C12H10N3O. The Bertz CT molecular complexity index is 537. The molecule has 79 valence electrons. The smallest absolute Gasteiger partial charge is 0.268 e. The van der Waals surface area contributed by atoms with E-state index in [1.807, 2.05) is 19.1 Å². The minimum Gasteiger partial charge on any atom is -0.364 e. The second kappa shape index (κ2) is 4.10. The van der Waals surface area contributed by atoms with E-state index in [9.17, 15) is 4.79 Å². The van der Waals surface area contributed by atoms with Crippen LogP contribution in [-0.4, -0.2) is 15.9 Å². The molecule has 2 rings (SSSR count). The summed E-state index contributed by atoms with van der Waals surface area (Å²) in [5.41, 5.74) is 7.77. The first-order chi connectivity index (χ1) is 7.70. The van der Waals surface area contributed by atoms with E-state index >= 15 is 0 Å². The van der Waals surface area contributed by atoms with Gasteiger partial charge in [0, 0.05) is 24.0 Å².